The van der Waals surface area contributed by atoms with E-state index in [2.05, 4.69) is 41.6 Å². The standard InChI is InChI=1S/C15H20ClN3S/c1-4-9-19-14(11(2)3)17-18-15(19)20-10-12-7-5-6-8-13(12)16/h5-8,11H,4,9-10H2,1-3H3. The molecule has 0 atom stereocenters. The van der Waals surface area contributed by atoms with Crippen molar-refractivity contribution in [3.63, 3.8) is 0 Å². The SMILES string of the molecule is CCCn1c(SCc2ccccc2Cl)nnc1C(C)C. The Morgan fingerprint density at radius 3 is 2.65 bits per heavy atom. The van der Waals surface area contributed by atoms with Crippen LogP contribution in [0, 0.1) is 0 Å². The first-order valence-corrected chi connectivity index (χ1v) is 8.29. The number of benzene rings is 1. The lowest BCUT2D eigenvalue weighted by Gasteiger charge is -2.10. The maximum atomic E-state index is 6.19. The molecule has 1 heterocycles. The average Bonchev–Trinajstić information content (AvgIpc) is 2.82. The van der Waals surface area contributed by atoms with E-state index >= 15 is 0 Å². The van der Waals surface area contributed by atoms with Crippen LogP contribution in [-0.2, 0) is 12.3 Å². The molecule has 5 heteroatoms. The molecule has 0 bridgehead atoms. The van der Waals surface area contributed by atoms with Crippen molar-refractivity contribution in [1.29, 1.82) is 0 Å². The Hall–Kier alpha value is -1.00. The molecule has 1 aromatic carbocycles. The van der Waals surface area contributed by atoms with E-state index in [1.165, 1.54) is 0 Å². The first kappa shape index (κ1) is 15.4. The minimum Gasteiger partial charge on any atom is -0.306 e. The van der Waals surface area contributed by atoms with E-state index in [0.717, 1.165) is 40.3 Å². The summed E-state index contributed by atoms with van der Waals surface area (Å²) in [6.45, 7) is 7.44. The lowest BCUT2D eigenvalue weighted by Crippen LogP contribution is -2.06. The van der Waals surface area contributed by atoms with Crippen molar-refractivity contribution in [2.24, 2.45) is 0 Å². The number of aromatic nitrogens is 3. The smallest absolute Gasteiger partial charge is 0.191 e. The zero-order chi connectivity index (χ0) is 14.5. The molecule has 0 aliphatic rings. The van der Waals surface area contributed by atoms with Crippen LogP contribution in [-0.4, -0.2) is 14.8 Å². The van der Waals surface area contributed by atoms with Crippen molar-refractivity contribution in [1.82, 2.24) is 14.8 Å². The predicted octanol–water partition coefficient (Wildman–Crippen LogP) is 4.76. The number of thioether (sulfide) groups is 1. The number of rotatable bonds is 6. The largest absolute Gasteiger partial charge is 0.306 e. The summed E-state index contributed by atoms with van der Waals surface area (Å²) in [6, 6.07) is 7.94. The number of hydrogen-bond donors (Lipinski definition) is 0. The number of halogens is 1. The van der Waals surface area contributed by atoms with E-state index in [0.29, 0.717) is 5.92 Å². The first-order valence-electron chi connectivity index (χ1n) is 6.92. The molecule has 2 rings (SSSR count). The third-order valence-corrected chi connectivity index (χ3v) is 4.41. The van der Waals surface area contributed by atoms with Gasteiger partial charge in [-0.15, -0.1) is 10.2 Å². The molecular weight excluding hydrogens is 290 g/mol. The number of nitrogens with zero attached hydrogens (tertiary/aromatic N) is 3. The zero-order valence-corrected chi connectivity index (χ0v) is 13.7. The third-order valence-electron chi connectivity index (χ3n) is 3.02. The molecule has 0 N–H and O–H groups in total. The van der Waals surface area contributed by atoms with Crippen molar-refractivity contribution in [2.45, 2.75) is 50.6 Å². The highest BCUT2D eigenvalue weighted by Gasteiger charge is 2.15. The monoisotopic (exact) mass is 309 g/mol. The van der Waals surface area contributed by atoms with Crippen molar-refractivity contribution in [3.05, 3.63) is 40.7 Å². The summed E-state index contributed by atoms with van der Waals surface area (Å²) >= 11 is 7.89. The summed E-state index contributed by atoms with van der Waals surface area (Å²) in [5, 5.41) is 10.5. The second-order valence-electron chi connectivity index (χ2n) is 5.03. The molecule has 108 valence electrons. The van der Waals surface area contributed by atoms with Gasteiger partial charge in [0.25, 0.3) is 0 Å². The van der Waals surface area contributed by atoms with Crippen LogP contribution in [0.1, 0.15) is 44.5 Å². The van der Waals surface area contributed by atoms with E-state index in [-0.39, 0.29) is 0 Å². The minimum atomic E-state index is 0.392. The van der Waals surface area contributed by atoms with E-state index in [1.807, 2.05) is 18.2 Å². The molecule has 0 saturated heterocycles. The summed E-state index contributed by atoms with van der Waals surface area (Å²) in [4.78, 5) is 0. The quantitative estimate of drug-likeness (QED) is 0.721. The van der Waals surface area contributed by atoms with Crippen molar-refractivity contribution < 1.29 is 0 Å². The Kier molecular flexibility index (Phi) is 5.49. The van der Waals surface area contributed by atoms with Gasteiger partial charge in [-0.2, -0.15) is 0 Å². The lowest BCUT2D eigenvalue weighted by molar-refractivity contribution is 0.572. The van der Waals surface area contributed by atoms with Gasteiger partial charge in [0.2, 0.25) is 0 Å². The summed E-state index contributed by atoms with van der Waals surface area (Å²) in [7, 11) is 0. The van der Waals surface area contributed by atoms with Gasteiger partial charge in [0.1, 0.15) is 5.82 Å². The van der Waals surface area contributed by atoms with Gasteiger partial charge in [-0.3, -0.25) is 0 Å². The fourth-order valence-corrected chi connectivity index (χ4v) is 3.28. The molecule has 0 aliphatic heterocycles. The first-order chi connectivity index (χ1) is 9.63. The molecule has 0 radical (unpaired) electrons. The van der Waals surface area contributed by atoms with Crippen LogP contribution in [0.2, 0.25) is 5.02 Å². The fraction of sp³-hybridized carbons (Fsp3) is 0.467. The van der Waals surface area contributed by atoms with E-state index in [4.69, 9.17) is 11.6 Å². The Morgan fingerprint density at radius 2 is 2.00 bits per heavy atom. The number of hydrogen-bond acceptors (Lipinski definition) is 3. The molecule has 0 spiro atoms. The van der Waals surface area contributed by atoms with Gasteiger partial charge in [-0.1, -0.05) is 62.3 Å². The molecule has 20 heavy (non-hydrogen) atoms. The molecule has 0 amide bonds. The van der Waals surface area contributed by atoms with E-state index in [1.54, 1.807) is 11.8 Å². The Morgan fingerprint density at radius 1 is 1.25 bits per heavy atom. The van der Waals surface area contributed by atoms with Crippen LogP contribution in [0.15, 0.2) is 29.4 Å². The lowest BCUT2D eigenvalue weighted by atomic mass is 10.2. The van der Waals surface area contributed by atoms with Gasteiger partial charge in [0.15, 0.2) is 5.16 Å². The van der Waals surface area contributed by atoms with Gasteiger partial charge >= 0.3 is 0 Å². The van der Waals surface area contributed by atoms with E-state index in [9.17, 15) is 0 Å². The molecule has 0 aliphatic carbocycles. The molecular formula is C15H20ClN3S. The third kappa shape index (κ3) is 3.55. The van der Waals surface area contributed by atoms with Gasteiger partial charge in [0.05, 0.1) is 0 Å². The predicted molar refractivity (Wildman–Crippen MR) is 85.4 cm³/mol. The molecule has 3 nitrogen and oxygen atoms in total. The van der Waals surface area contributed by atoms with Crippen molar-refractivity contribution in [2.75, 3.05) is 0 Å². The van der Waals surface area contributed by atoms with Crippen LogP contribution in [0.4, 0.5) is 0 Å². The van der Waals surface area contributed by atoms with Gasteiger partial charge in [-0.25, -0.2) is 0 Å². The second-order valence-corrected chi connectivity index (χ2v) is 6.38. The highest BCUT2D eigenvalue weighted by molar-refractivity contribution is 7.98. The fourth-order valence-electron chi connectivity index (χ4n) is 2.03. The molecule has 1 aromatic heterocycles. The topological polar surface area (TPSA) is 30.7 Å². The van der Waals surface area contributed by atoms with E-state index < -0.39 is 0 Å². The Labute approximate surface area is 129 Å². The zero-order valence-electron chi connectivity index (χ0n) is 12.1. The highest BCUT2D eigenvalue weighted by atomic mass is 35.5. The van der Waals surface area contributed by atoms with Crippen molar-refractivity contribution in [3.8, 4) is 0 Å². The average molecular weight is 310 g/mol. The Balaban J connectivity index is 2.15. The van der Waals surface area contributed by atoms with Crippen molar-refractivity contribution >= 4 is 23.4 Å². The summed E-state index contributed by atoms with van der Waals surface area (Å²) in [5.74, 6) is 2.27. The highest BCUT2D eigenvalue weighted by Crippen LogP contribution is 2.27. The molecule has 0 saturated carbocycles. The van der Waals surface area contributed by atoms with Gasteiger partial charge in [0, 0.05) is 23.2 Å². The Bertz CT molecular complexity index is 566. The van der Waals surface area contributed by atoms with Crippen LogP contribution < -0.4 is 0 Å². The second kappa shape index (κ2) is 7.14. The molecule has 2 aromatic rings. The van der Waals surface area contributed by atoms with Crippen LogP contribution in [0.25, 0.3) is 0 Å². The normalized spacial score (nSPS) is 11.2. The maximum Gasteiger partial charge on any atom is 0.191 e. The van der Waals surface area contributed by atoms with Crippen LogP contribution >= 0.6 is 23.4 Å². The maximum absolute atomic E-state index is 6.19. The van der Waals surface area contributed by atoms with Gasteiger partial charge < -0.3 is 4.57 Å². The summed E-state index contributed by atoms with van der Waals surface area (Å²) in [6.07, 6.45) is 1.08. The van der Waals surface area contributed by atoms with Crippen LogP contribution in [0.5, 0.6) is 0 Å². The molecule has 0 fully saturated rings. The summed E-state index contributed by atoms with van der Waals surface area (Å²) in [5.41, 5.74) is 1.14. The van der Waals surface area contributed by atoms with Crippen LogP contribution in [0.3, 0.4) is 0 Å². The summed E-state index contributed by atoms with van der Waals surface area (Å²) < 4.78 is 2.23. The van der Waals surface area contributed by atoms with Gasteiger partial charge in [-0.05, 0) is 18.1 Å². The minimum absolute atomic E-state index is 0.392. The molecule has 0 unspecified atom stereocenters.